The number of nitrogen functional groups attached to an aromatic ring is 1. The highest BCUT2D eigenvalue weighted by atomic mass is 35.5. The van der Waals surface area contributed by atoms with E-state index in [0.717, 1.165) is 64.9 Å². The molecule has 0 radical (unpaired) electrons. The Morgan fingerprint density at radius 3 is 2.33 bits per heavy atom. The summed E-state index contributed by atoms with van der Waals surface area (Å²) in [6.07, 6.45) is 7.76. The minimum atomic E-state index is -0.736. The molecule has 0 unspecified atom stereocenters. The smallest absolute Gasteiger partial charge is 0.326 e. The SMILES string of the molecule is Cc1cc(C[C@@H](NC(=O)N2CCC(n3c(=O)[nH]c4c5ccccc5ncc43)CC2)C(=O)N2CCC(C3CCN(C)CC3)CC2)cc(Cl)c1N. The van der Waals surface area contributed by atoms with E-state index in [1.807, 2.05) is 42.2 Å². The van der Waals surface area contributed by atoms with Crippen LogP contribution < -0.4 is 16.7 Å². The zero-order chi connectivity index (χ0) is 34.2. The maximum Gasteiger partial charge on any atom is 0.326 e. The summed E-state index contributed by atoms with van der Waals surface area (Å²) >= 11 is 6.44. The Kier molecular flexibility index (Phi) is 9.57. The van der Waals surface area contributed by atoms with Crippen molar-refractivity contribution in [2.24, 2.45) is 11.8 Å². The molecule has 12 heteroatoms. The van der Waals surface area contributed by atoms with Crippen molar-refractivity contribution in [2.75, 3.05) is 52.0 Å². The van der Waals surface area contributed by atoms with Crippen LogP contribution in [0.2, 0.25) is 5.02 Å². The van der Waals surface area contributed by atoms with Gasteiger partial charge in [-0.15, -0.1) is 0 Å². The minimum Gasteiger partial charge on any atom is -0.397 e. The summed E-state index contributed by atoms with van der Waals surface area (Å²) in [5, 5.41) is 4.46. The van der Waals surface area contributed by atoms with Gasteiger partial charge in [-0.1, -0.05) is 35.9 Å². The molecule has 49 heavy (non-hydrogen) atoms. The number of carbonyl (C=O) groups excluding carboxylic acids is 2. The Hall–Kier alpha value is -4.09. The number of hydrogen-bond donors (Lipinski definition) is 3. The lowest BCUT2D eigenvalue weighted by Crippen LogP contribution is -2.55. The first-order chi connectivity index (χ1) is 23.7. The molecule has 0 spiro atoms. The predicted molar refractivity (Wildman–Crippen MR) is 194 cm³/mol. The van der Waals surface area contributed by atoms with Gasteiger partial charge in [-0.2, -0.15) is 0 Å². The Morgan fingerprint density at radius 1 is 0.980 bits per heavy atom. The van der Waals surface area contributed by atoms with Gasteiger partial charge in [0, 0.05) is 44.0 Å². The third-order valence-corrected chi connectivity index (χ3v) is 11.6. The van der Waals surface area contributed by atoms with Crippen LogP contribution in [0.15, 0.2) is 47.4 Å². The number of rotatable bonds is 6. The zero-order valence-corrected chi connectivity index (χ0v) is 29.2. The number of pyridine rings is 1. The van der Waals surface area contributed by atoms with Crippen molar-refractivity contribution in [3.63, 3.8) is 0 Å². The summed E-state index contributed by atoms with van der Waals surface area (Å²) in [6.45, 7) is 6.53. The lowest BCUT2D eigenvalue weighted by atomic mass is 9.79. The number of nitrogens with two attached hydrogens (primary N) is 1. The Morgan fingerprint density at radius 2 is 1.63 bits per heavy atom. The van der Waals surface area contributed by atoms with E-state index in [0.29, 0.717) is 62.1 Å². The molecule has 7 rings (SSSR count). The maximum atomic E-state index is 14.1. The number of urea groups is 1. The molecule has 4 N–H and O–H groups in total. The molecule has 2 aromatic carbocycles. The Labute approximate surface area is 291 Å². The Bertz CT molecular complexity index is 1880. The van der Waals surface area contributed by atoms with Gasteiger partial charge in [-0.3, -0.25) is 14.3 Å². The van der Waals surface area contributed by atoms with Crippen molar-refractivity contribution in [1.82, 2.24) is 34.6 Å². The highest BCUT2D eigenvalue weighted by Gasteiger charge is 2.35. The van der Waals surface area contributed by atoms with Crippen LogP contribution in [0.5, 0.6) is 0 Å². The van der Waals surface area contributed by atoms with Gasteiger partial charge in [0.2, 0.25) is 5.91 Å². The van der Waals surface area contributed by atoms with Gasteiger partial charge in [-0.05, 0) is 101 Å². The minimum absolute atomic E-state index is 0.0549. The molecule has 11 nitrogen and oxygen atoms in total. The van der Waals surface area contributed by atoms with E-state index in [1.165, 1.54) is 12.8 Å². The number of H-pyrrole nitrogens is 1. The molecular formula is C37H47ClN8O3. The van der Waals surface area contributed by atoms with E-state index in [9.17, 15) is 14.4 Å². The first-order valence-electron chi connectivity index (χ1n) is 17.7. The van der Waals surface area contributed by atoms with Gasteiger partial charge in [0.25, 0.3) is 0 Å². The molecule has 3 aliphatic heterocycles. The second-order valence-electron chi connectivity index (χ2n) is 14.4. The molecule has 2 aromatic heterocycles. The molecule has 5 heterocycles. The first kappa shape index (κ1) is 33.4. The highest BCUT2D eigenvalue weighted by molar-refractivity contribution is 6.33. The predicted octanol–water partition coefficient (Wildman–Crippen LogP) is 4.96. The molecule has 3 saturated heterocycles. The number of amides is 3. The number of fused-ring (bicyclic) bond motifs is 3. The van der Waals surface area contributed by atoms with Gasteiger partial charge in [0.05, 0.1) is 33.5 Å². The van der Waals surface area contributed by atoms with Crippen LogP contribution in [0.3, 0.4) is 0 Å². The fourth-order valence-electron chi connectivity index (χ4n) is 8.34. The third-order valence-electron chi connectivity index (χ3n) is 11.3. The normalized spacial score (nSPS) is 19.5. The Balaban J connectivity index is 1.03. The number of aromatic amines is 1. The van der Waals surface area contributed by atoms with Crippen molar-refractivity contribution in [2.45, 2.75) is 64.0 Å². The van der Waals surface area contributed by atoms with E-state index in [4.69, 9.17) is 17.3 Å². The van der Waals surface area contributed by atoms with Gasteiger partial charge >= 0.3 is 11.7 Å². The average molecular weight is 687 g/mol. The number of para-hydroxylation sites is 1. The number of hydrogen-bond acceptors (Lipinski definition) is 6. The van der Waals surface area contributed by atoms with E-state index in [-0.39, 0.29) is 23.7 Å². The molecule has 0 aliphatic carbocycles. The molecule has 0 bridgehead atoms. The fourth-order valence-corrected chi connectivity index (χ4v) is 8.63. The van der Waals surface area contributed by atoms with Crippen LogP contribution in [0.1, 0.15) is 55.7 Å². The van der Waals surface area contributed by atoms with E-state index in [2.05, 4.69) is 27.2 Å². The van der Waals surface area contributed by atoms with Crippen LogP contribution >= 0.6 is 11.6 Å². The second kappa shape index (κ2) is 14.0. The number of piperidine rings is 3. The molecule has 0 saturated carbocycles. The van der Waals surface area contributed by atoms with Crippen LogP contribution in [0.25, 0.3) is 21.9 Å². The van der Waals surface area contributed by atoms with Crippen LogP contribution in [-0.4, -0.2) is 93.5 Å². The van der Waals surface area contributed by atoms with Gasteiger partial charge in [0.1, 0.15) is 6.04 Å². The topological polar surface area (TPSA) is 133 Å². The third kappa shape index (κ3) is 6.88. The molecule has 3 aliphatic rings. The van der Waals surface area contributed by atoms with E-state index < -0.39 is 6.04 Å². The largest absolute Gasteiger partial charge is 0.397 e. The number of halogens is 1. The lowest BCUT2D eigenvalue weighted by molar-refractivity contribution is -0.135. The summed E-state index contributed by atoms with van der Waals surface area (Å²) in [7, 11) is 2.19. The summed E-state index contributed by atoms with van der Waals surface area (Å²) < 4.78 is 1.79. The van der Waals surface area contributed by atoms with Crippen molar-refractivity contribution in [3.8, 4) is 0 Å². The fraction of sp³-hybridized carbons (Fsp3) is 0.514. The van der Waals surface area contributed by atoms with Crippen molar-refractivity contribution >= 4 is 51.2 Å². The highest BCUT2D eigenvalue weighted by Crippen LogP contribution is 2.33. The van der Waals surface area contributed by atoms with Gasteiger partial charge in [0.15, 0.2) is 0 Å². The van der Waals surface area contributed by atoms with Crippen LogP contribution in [-0.2, 0) is 11.2 Å². The van der Waals surface area contributed by atoms with Crippen LogP contribution in [0, 0.1) is 18.8 Å². The molecule has 260 valence electrons. The number of aromatic nitrogens is 3. The number of benzene rings is 2. The standard InChI is InChI=1S/C37H47ClN8O3/c1-23-19-24(20-29(38)33(23)39)21-31(35(47)44-15-9-26(10-16-44)25-7-13-43(2)14-8-25)41-36(48)45-17-11-27(12-18-45)46-32-22-40-30-6-4-3-5-28(30)34(32)42-37(46)49/h3-6,19-20,22,25-27,31H,7-18,21,39H2,1-2H3,(H,41,48)(H,42,49)/t31-/m1/s1. The summed E-state index contributed by atoms with van der Waals surface area (Å²) in [5.74, 6) is 1.31. The summed E-state index contributed by atoms with van der Waals surface area (Å²) in [6, 6.07) is 10.4. The molecule has 4 aromatic rings. The van der Waals surface area contributed by atoms with E-state index in [1.54, 1.807) is 21.7 Å². The number of nitrogens with zero attached hydrogens (tertiary/aromatic N) is 5. The monoisotopic (exact) mass is 686 g/mol. The number of imidazole rings is 1. The van der Waals surface area contributed by atoms with Gasteiger partial charge < -0.3 is 30.7 Å². The number of carbonyl (C=O) groups is 2. The van der Waals surface area contributed by atoms with Gasteiger partial charge in [-0.25, -0.2) is 9.59 Å². The molecule has 1 atom stereocenters. The van der Waals surface area contributed by atoms with Crippen LogP contribution in [0.4, 0.5) is 10.5 Å². The second-order valence-corrected chi connectivity index (χ2v) is 14.8. The summed E-state index contributed by atoms with van der Waals surface area (Å²) in [4.78, 5) is 54.8. The lowest BCUT2D eigenvalue weighted by Gasteiger charge is -2.40. The van der Waals surface area contributed by atoms with Crippen molar-refractivity contribution in [1.29, 1.82) is 0 Å². The molecule has 3 fully saturated rings. The molecule has 3 amide bonds. The number of aryl methyl sites for hydroxylation is 1. The molecular weight excluding hydrogens is 640 g/mol. The number of nitrogens with one attached hydrogen (secondary N) is 2. The van der Waals surface area contributed by atoms with E-state index >= 15 is 0 Å². The van der Waals surface area contributed by atoms with Crippen molar-refractivity contribution in [3.05, 3.63) is 69.2 Å². The number of anilines is 1. The first-order valence-corrected chi connectivity index (χ1v) is 18.1. The maximum absolute atomic E-state index is 14.1. The quantitative estimate of drug-likeness (QED) is 0.246. The van der Waals surface area contributed by atoms with Crippen molar-refractivity contribution < 1.29 is 9.59 Å². The summed E-state index contributed by atoms with van der Waals surface area (Å²) in [5.41, 5.74) is 10.6. The number of likely N-dealkylation sites (tertiary alicyclic amines) is 3. The average Bonchev–Trinajstić information content (AvgIpc) is 3.46. The zero-order valence-electron chi connectivity index (χ0n) is 28.5.